The third-order valence-corrected chi connectivity index (χ3v) is 6.40. The summed E-state index contributed by atoms with van der Waals surface area (Å²) in [6, 6.07) is 7.81. The van der Waals surface area contributed by atoms with Gasteiger partial charge in [-0.25, -0.2) is 0 Å². The van der Waals surface area contributed by atoms with Gasteiger partial charge in [0.15, 0.2) is 11.5 Å². The maximum Gasteiger partial charge on any atom is 0.416 e. The highest BCUT2D eigenvalue weighted by molar-refractivity contribution is 7.87. The standard InChI is InChI=1S/C24H30F3NO5S/c1-5-6-7-11-23(29)28(17(2)3)16-18-12-13-21(32-4)22(14-18)33-34(30,31)20-10-8-9-19(15-20)24(25,26)27/h8-10,12-15,17H,5-7,11,16H2,1-4H3. The number of hydrogen-bond acceptors (Lipinski definition) is 5. The Morgan fingerprint density at radius 3 is 2.35 bits per heavy atom. The van der Waals surface area contributed by atoms with E-state index >= 15 is 0 Å². The molecule has 188 valence electrons. The van der Waals surface area contributed by atoms with Gasteiger partial charge in [-0.3, -0.25) is 4.79 Å². The highest BCUT2D eigenvalue weighted by Gasteiger charge is 2.32. The average Bonchev–Trinajstić information content (AvgIpc) is 2.76. The molecule has 0 N–H and O–H groups in total. The molecule has 0 radical (unpaired) electrons. The quantitative estimate of drug-likeness (QED) is 0.287. The Hall–Kier alpha value is -2.75. The molecule has 0 fully saturated rings. The van der Waals surface area contributed by atoms with Gasteiger partial charge < -0.3 is 13.8 Å². The molecule has 34 heavy (non-hydrogen) atoms. The summed E-state index contributed by atoms with van der Waals surface area (Å²) in [5, 5.41) is 0. The minimum atomic E-state index is -4.70. The van der Waals surface area contributed by atoms with Crippen LogP contribution < -0.4 is 8.92 Å². The predicted molar refractivity (Wildman–Crippen MR) is 122 cm³/mol. The minimum absolute atomic E-state index is 0.0154. The summed E-state index contributed by atoms with van der Waals surface area (Å²) >= 11 is 0. The average molecular weight is 502 g/mol. The van der Waals surface area contributed by atoms with E-state index in [1.54, 1.807) is 11.0 Å². The molecule has 0 unspecified atom stereocenters. The molecule has 2 aromatic rings. The number of methoxy groups -OCH3 is 1. The van der Waals surface area contributed by atoms with Crippen LogP contribution in [0.5, 0.6) is 11.5 Å². The Balaban J connectivity index is 2.32. The van der Waals surface area contributed by atoms with Crippen LogP contribution in [0.2, 0.25) is 0 Å². The highest BCUT2D eigenvalue weighted by Crippen LogP contribution is 2.34. The molecule has 0 atom stereocenters. The summed E-state index contributed by atoms with van der Waals surface area (Å²) in [5.41, 5.74) is -0.514. The molecule has 1 amide bonds. The Bertz CT molecular complexity index is 1080. The van der Waals surface area contributed by atoms with E-state index in [0.717, 1.165) is 37.5 Å². The normalized spacial score (nSPS) is 12.0. The second kappa shape index (κ2) is 11.6. The van der Waals surface area contributed by atoms with Crippen LogP contribution in [0.3, 0.4) is 0 Å². The molecular weight excluding hydrogens is 471 g/mol. The molecule has 10 heteroatoms. The van der Waals surface area contributed by atoms with Crippen LogP contribution in [0, 0.1) is 0 Å². The van der Waals surface area contributed by atoms with Crippen LogP contribution in [0.15, 0.2) is 47.4 Å². The molecule has 0 aliphatic heterocycles. The number of unbranched alkanes of at least 4 members (excludes halogenated alkanes) is 2. The number of amides is 1. The number of benzene rings is 2. The number of carbonyl (C=O) groups excluding carboxylic acids is 1. The first-order valence-corrected chi connectivity index (χ1v) is 12.4. The number of carbonyl (C=O) groups is 1. The molecule has 0 aliphatic rings. The first kappa shape index (κ1) is 27.5. The van der Waals surface area contributed by atoms with Crippen LogP contribution in [0.4, 0.5) is 13.2 Å². The predicted octanol–water partition coefficient (Wildman–Crippen LogP) is 5.80. The number of nitrogens with zero attached hydrogens (tertiary/aromatic N) is 1. The molecule has 0 saturated carbocycles. The summed E-state index contributed by atoms with van der Waals surface area (Å²) in [6.45, 7) is 6.04. The fourth-order valence-corrected chi connectivity index (χ4v) is 4.28. The fraction of sp³-hybridized carbons (Fsp3) is 0.458. The van der Waals surface area contributed by atoms with Crippen LogP contribution in [0.1, 0.15) is 57.6 Å². The van der Waals surface area contributed by atoms with Crippen molar-refractivity contribution in [3.05, 3.63) is 53.6 Å². The lowest BCUT2D eigenvalue weighted by Crippen LogP contribution is -2.36. The Morgan fingerprint density at radius 1 is 1.06 bits per heavy atom. The van der Waals surface area contributed by atoms with E-state index in [4.69, 9.17) is 8.92 Å². The van der Waals surface area contributed by atoms with Gasteiger partial charge in [-0.15, -0.1) is 0 Å². The zero-order valence-corrected chi connectivity index (χ0v) is 20.5. The maximum atomic E-state index is 13.0. The van der Waals surface area contributed by atoms with Gasteiger partial charge in [-0.05, 0) is 56.2 Å². The van der Waals surface area contributed by atoms with Gasteiger partial charge >= 0.3 is 16.3 Å². The first-order valence-electron chi connectivity index (χ1n) is 11.0. The summed E-state index contributed by atoms with van der Waals surface area (Å²) in [4.78, 5) is 13.7. The molecule has 0 heterocycles. The fourth-order valence-electron chi connectivity index (χ4n) is 3.30. The van der Waals surface area contributed by atoms with Crippen molar-refractivity contribution in [2.75, 3.05) is 7.11 Å². The molecule has 0 aliphatic carbocycles. The molecule has 0 aromatic heterocycles. The molecular formula is C24H30F3NO5S. The summed E-state index contributed by atoms with van der Waals surface area (Å²) < 4.78 is 74.9. The molecule has 6 nitrogen and oxygen atoms in total. The van der Waals surface area contributed by atoms with Crippen LogP contribution in [-0.2, 0) is 27.6 Å². The largest absolute Gasteiger partial charge is 0.493 e. The first-order chi connectivity index (χ1) is 15.9. The van der Waals surface area contributed by atoms with Crippen molar-refractivity contribution in [2.45, 2.75) is 70.1 Å². The second-order valence-corrected chi connectivity index (χ2v) is 9.67. The molecule has 0 saturated heterocycles. The number of ether oxygens (including phenoxy) is 1. The van der Waals surface area contributed by atoms with Crippen molar-refractivity contribution >= 4 is 16.0 Å². The van der Waals surface area contributed by atoms with Gasteiger partial charge in [-0.1, -0.05) is 31.9 Å². The van der Waals surface area contributed by atoms with E-state index in [9.17, 15) is 26.4 Å². The Labute approximate surface area is 198 Å². The lowest BCUT2D eigenvalue weighted by molar-refractivity contribution is -0.137. The van der Waals surface area contributed by atoms with E-state index in [1.165, 1.54) is 19.2 Å². The van der Waals surface area contributed by atoms with Crippen molar-refractivity contribution in [1.82, 2.24) is 4.90 Å². The van der Waals surface area contributed by atoms with Crippen molar-refractivity contribution in [2.24, 2.45) is 0 Å². The SMILES string of the molecule is CCCCCC(=O)N(Cc1ccc(OC)c(OS(=O)(=O)c2cccc(C(F)(F)F)c2)c1)C(C)C. The van der Waals surface area contributed by atoms with Crippen LogP contribution >= 0.6 is 0 Å². The lowest BCUT2D eigenvalue weighted by Gasteiger charge is -2.27. The molecule has 0 spiro atoms. The van der Waals surface area contributed by atoms with Gasteiger partial charge in [0, 0.05) is 19.0 Å². The third-order valence-electron chi connectivity index (χ3n) is 5.17. The highest BCUT2D eigenvalue weighted by atomic mass is 32.2. The molecule has 0 bridgehead atoms. The number of hydrogen-bond donors (Lipinski definition) is 0. The minimum Gasteiger partial charge on any atom is -0.493 e. The van der Waals surface area contributed by atoms with E-state index < -0.39 is 26.8 Å². The van der Waals surface area contributed by atoms with E-state index in [2.05, 4.69) is 6.92 Å². The van der Waals surface area contributed by atoms with Crippen molar-refractivity contribution in [3.8, 4) is 11.5 Å². The molecule has 2 aromatic carbocycles. The second-order valence-electron chi connectivity index (χ2n) is 8.12. The zero-order chi connectivity index (χ0) is 25.5. The van der Waals surface area contributed by atoms with Gasteiger partial charge in [0.2, 0.25) is 5.91 Å². The van der Waals surface area contributed by atoms with Crippen LogP contribution in [0.25, 0.3) is 0 Å². The monoisotopic (exact) mass is 501 g/mol. The van der Waals surface area contributed by atoms with E-state index in [1.807, 2.05) is 13.8 Å². The number of rotatable bonds is 11. The lowest BCUT2D eigenvalue weighted by atomic mass is 10.1. The van der Waals surface area contributed by atoms with Crippen molar-refractivity contribution in [1.29, 1.82) is 0 Å². The number of halogens is 3. The summed E-state index contributed by atoms with van der Waals surface area (Å²) in [5.74, 6) is -0.109. The van der Waals surface area contributed by atoms with Crippen molar-refractivity contribution in [3.63, 3.8) is 0 Å². The zero-order valence-electron chi connectivity index (χ0n) is 19.7. The van der Waals surface area contributed by atoms with Gasteiger partial charge in [0.25, 0.3) is 0 Å². The van der Waals surface area contributed by atoms with Gasteiger partial charge in [-0.2, -0.15) is 21.6 Å². The summed E-state index contributed by atoms with van der Waals surface area (Å²) in [7, 11) is -3.27. The van der Waals surface area contributed by atoms with Crippen LogP contribution in [-0.4, -0.2) is 32.4 Å². The van der Waals surface area contributed by atoms with Gasteiger partial charge in [0.05, 0.1) is 12.7 Å². The smallest absolute Gasteiger partial charge is 0.416 e. The van der Waals surface area contributed by atoms with Crippen molar-refractivity contribution < 1.29 is 35.3 Å². The number of alkyl halides is 3. The topological polar surface area (TPSA) is 72.9 Å². The maximum absolute atomic E-state index is 13.0. The summed E-state index contributed by atoms with van der Waals surface area (Å²) in [6.07, 6.45) is -1.56. The Kier molecular flexibility index (Phi) is 9.37. The van der Waals surface area contributed by atoms with Gasteiger partial charge in [0.1, 0.15) is 4.90 Å². The molecule has 2 rings (SSSR count). The third kappa shape index (κ3) is 7.38. The van der Waals surface area contributed by atoms with E-state index in [0.29, 0.717) is 18.1 Å². The van der Waals surface area contributed by atoms with E-state index in [-0.39, 0.29) is 30.0 Å². The Morgan fingerprint density at radius 2 is 1.76 bits per heavy atom.